The summed E-state index contributed by atoms with van der Waals surface area (Å²) in [6.07, 6.45) is -8.38. The van der Waals surface area contributed by atoms with Crippen LogP contribution in [0.1, 0.15) is 75.9 Å². The number of nitrogens with one attached hydrogen (secondary N) is 1. The van der Waals surface area contributed by atoms with Gasteiger partial charge in [0, 0.05) is 38.9 Å². The minimum atomic E-state index is -4.95. The van der Waals surface area contributed by atoms with Crippen LogP contribution in [0.2, 0.25) is 0 Å². The number of morpholine rings is 1. The molecule has 1 saturated carbocycles. The van der Waals surface area contributed by atoms with Gasteiger partial charge in [0.2, 0.25) is 11.8 Å². The number of imidazole rings is 1. The van der Waals surface area contributed by atoms with E-state index in [0.717, 1.165) is 7.11 Å². The monoisotopic (exact) mass is 823 g/mol. The molecule has 3 fully saturated rings. The molecule has 4 heterocycles. The average Bonchev–Trinajstić information content (AvgIpc) is 3.58. The van der Waals surface area contributed by atoms with Gasteiger partial charge in [-0.25, -0.2) is 32.8 Å². The molecule has 6 rings (SSSR count). The van der Waals surface area contributed by atoms with Gasteiger partial charge in [0.15, 0.2) is 11.2 Å². The van der Waals surface area contributed by atoms with Crippen molar-refractivity contribution in [3.8, 4) is 0 Å². The van der Waals surface area contributed by atoms with Gasteiger partial charge in [-0.05, 0) is 51.5 Å². The molecule has 1 aromatic carbocycles. The maximum Gasteiger partial charge on any atom is 0.417 e. The summed E-state index contributed by atoms with van der Waals surface area (Å²) in [5.41, 5.74) is -3.02. The number of aromatic nitrogens is 4. The van der Waals surface area contributed by atoms with Crippen molar-refractivity contribution in [2.75, 3.05) is 44.9 Å². The number of rotatable bonds is 9. The Labute approximate surface area is 330 Å². The molecule has 1 aliphatic carbocycles. The summed E-state index contributed by atoms with van der Waals surface area (Å²) in [4.78, 5) is 65.9. The SMILES string of the molecule is COC(=O)C1(Cc2nn3cc([C@@H](NC(=O)OCc4ccccc4)C4CCC(F)(F)CC4)nc3nc2N2CCOCC2)C[C@@H](C(F)(F)F)CN(C(=O)OC(C)(C)C)C1=O. The first-order valence-electron chi connectivity index (χ1n) is 18.9. The summed E-state index contributed by atoms with van der Waals surface area (Å²) in [6, 6.07) is 7.94. The van der Waals surface area contributed by atoms with Gasteiger partial charge in [-0.1, -0.05) is 30.3 Å². The predicted octanol–water partition coefficient (Wildman–Crippen LogP) is 5.80. The zero-order valence-electron chi connectivity index (χ0n) is 32.5. The number of piperidine rings is 1. The van der Waals surface area contributed by atoms with Crippen LogP contribution in [-0.4, -0.2) is 106 Å². The van der Waals surface area contributed by atoms with Crippen molar-refractivity contribution < 1.29 is 60.1 Å². The van der Waals surface area contributed by atoms with Gasteiger partial charge in [-0.3, -0.25) is 9.59 Å². The van der Waals surface area contributed by atoms with Crippen molar-refractivity contribution in [3.05, 3.63) is 53.5 Å². The lowest BCUT2D eigenvalue weighted by atomic mass is 9.71. The number of fused-ring (bicyclic) bond motifs is 1. The highest BCUT2D eigenvalue weighted by Gasteiger charge is 2.61. The standard InChI is InChI=1S/C38H46F5N7O8/c1-35(2,3)58-34(54)49-20-25(38(41,42)43)18-36(30(49)51,31(52)55-4)19-26-29(48-14-16-56-17-15-48)46-32-44-27(21-50(32)47-26)28(24-10-12-37(39,40)13-11-24)45-33(53)57-22-23-8-6-5-7-9-23/h5-9,21,24-25,28H,10-20,22H2,1-4H3,(H,45,53)/t25-,28+,36?/m1/s1. The lowest BCUT2D eigenvalue weighted by Crippen LogP contribution is -2.61. The Morgan fingerprint density at radius 3 is 2.33 bits per heavy atom. The number of ether oxygens (including phenoxy) is 4. The summed E-state index contributed by atoms with van der Waals surface area (Å²) in [5.74, 6) is -8.27. The van der Waals surface area contributed by atoms with Crippen LogP contribution in [0.25, 0.3) is 5.78 Å². The number of benzene rings is 1. The molecule has 0 spiro atoms. The Morgan fingerprint density at radius 1 is 1.03 bits per heavy atom. The topological polar surface area (TPSA) is 167 Å². The molecule has 2 aromatic heterocycles. The Morgan fingerprint density at radius 2 is 1.71 bits per heavy atom. The fourth-order valence-corrected chi connectivity index (χ4v) is 7.58. The summed E-state index contributed by atoms with van der Waals surface area (Å²) >= 11 is 0. The van der Waals surface area contributed by atoms with E-state index in [0.29, 0.717) is 10.5 Å². The average molecular weight is 824 g/mol. The summed E-state index contributed by atoms with van der Waals surface area (Å²) in [7, 11) is 0.922. The van der Waals surface area contributed by atoms with Crippen molar-refractivity contribution in [2.45, 2.75) is 89.6 Å². The number of alkyl carbamates (subject to hydrolysis) is 1. The number of imide groups is 1. The van der Waals surface area contributed by atoms with Crippen LogP contribution in [-0.2, 0) is 41.6 Å². The highest BCUT2D eigenvalue weighted by Crippen LogP contribution is 2.46. The van der Waals surface area contributed by atoms with E-state index in [1.54, 1.807) is 35.2 Å². The molecule has 0 radical (unpaired) electrons. The minimum absolute atomic E-state index is 0.0310. The van der Waals surface area contributed by atoms with E-state index in [9.17, 15) is 41.1 Å². The fourth-order valence-electron chi connectivity index (χ4n) is 7.58. The van der Waals surface area contributed by atoms with E-state index >= 15 is 0 Å². The van der Waals surface area contributed by atoms with Gasteiger partial charge < -0.3 is 29.2 Å². The summed E-state index contributed by atoms with van der Waals surface area (Å²) in [6.45, 7) is 4.23. The van der Waals surface area contributed by atoms with Crippen molar-refractivity contribution in [3.63, 3.8) is 0 Å². The molecule has 58 heavy (non-hydrogen) atoms. The quantitative estimate of drug-likeness (QED) is 0.119. The van der Waals surface area contributed by atoms with Crippen LogP contribution < -0.4 is 10.2 Å². The predicted molar refractivity (Wildman–Crippen MR) is 193 cm³/mol. The summed E-state index contributed by atoms with van der Waals surface area (Å²) < 4.78 is 94.8. The molecule has 3 aromatic rings. The van der Waals surface area contributed by atoms with Crippen LogP contribution in [0.15, 0.2) is 36.5 Å². The number of methoxy groups -OCH3 is 1. The molecular formula is C38H46F5N7O8. The maximum atomic E-state index is 14.6. The van der Waals surface area contributed by atoms with Gasteiger partial charge in [0.05, 0.1) is 44.2 Å². The number of nitrogens with zero attached hydrogens (tertiary/aromatic N) is 6. The molecule has 20 heteroatoms. The first kappa shape index (κ1) is 42.5. The molecule has 15 nitrogen and oxygen atoms in total. The van der Waals surface area contributed by atoms with Crippen LogP contribution in [0, 0.1) is 17.3 Å². The van der Waals surface area contributed by atoms with Crippen LogP contribution in [0.3, 0.4) is 0 Å². The van der Waals surface area contributed by atoms with Gasteiger partial charge in [-0.2, -0.15) is 23.3 Å². The Bertz CT molecular complexity index is 1980. The van der Waals surface area contributed by atoms with Crippen molar-refractivity contribution in [1.82, 2.24) is 29.8 Å². The molecule has 1 N–H and O–H groups in total. The minimum Gasteiger partial charge on any atom is -0.468 e. The third-order valence-corrected chi connectivity index (χ3v) is 10.5. The second kappa shape index (κ2) is 16.6. The van der Waals surface area contributed by atoms with Crippen molar-refractivity contribution in [2.24, 2.45) is 17.3 Å². The number of carbonyl (C=O) groups is 4. The van der Waals surface area contributed by atoms with Crippen molar-refractivity contribution >= 4 is 35.7 Å². The second-order valence-corrected chi connectivity index (χ2v) is 15.9. The first-order chi connectivity index (χ1) is 27.3. The number of halogens is 5. The van der Waals surface area contributed by atoms with Gasteiger partial charge >= 0.3 is 24.3 Å². The smallest absolute Gasteiger partial charge is 0.417 e. The number of amides is 3. The van der Waals surface area contributed by atoms with E-state index < -0.39 is 97.3 Å². The Balaban J connectivity index is 1.42. The number of anilines is 1. The number of hydrogen-bond acceptors (Lipinski definition) is 12. The molecule has 316 valence electrons. The molecule has 2 saturated heterocycles. The van der Waals surface area contributed by atoms with Crippen molar-refractivity contribution in [1.29, 1.82) is 0 Å². The van der Waals surface area contributed by atoms with E-state index in [1.165, 1.54) is 31.5 Å². The number of likely N-dealkylation sites (tertiary alicyclic amines) is 1. The molecule has 1 unspecified atom stereocenters. The largest absolute Gasteiger partial charge is 0.468 e. The van der Waals surface area contributed by atoms with Gasteiger partial charge in [0.25, 0.3) is 5.78 Å². The second-order valence-electron chi connectivity index (χ2n) is 15.9. The fraction of sp³-hybridized carbons (Fsp3) is 0.605. The molecule has 2 aliphatic heterocycles. The lowest BCUT2D eigenvalue weighted by Gasteiger charge is -2.43. The van der Waals surface area contributed by atoms with Gasteiger partial charge in [-0.15, -0.1) is 0 Å². The third kappa shape index (κ3) is 9.58. The zero-order valence-corrected chi connectivity index (χ0v) is 32.5. The Hall–Kier alpha value is -5.14. The number of alkyl halides is 5. The number of hydrogen-bond donors (Lipinski definition) is 1. The lowest BCUT2D eigenvalue weighted by molar-refractivity contribution is -0.204. The Kier molecular flexibility index (Phi) is 12.2. The molecular weight excluding hydrogens is 777 g/mol. The van der Waals surface area contributed by atoms with E-state index in [2.05, 4.69) is 15.4 Å². The third-order valence-electron chi connectivity index (χ3n) is 10.5. The number of carbonyl (C=O) groups excluding carboxylic acids is 4. The highest BCUT2D eigenvalue weighted by atomic mass is 19.4. The van der Waals surface area contributed by atoms with Crippen LogP contribution in [0.4, 0.5) is 37.4 Å². The van der Waals surface area contributed by atoms with Crippen LogP contribution in [0.5, 0.6) is 0 Å². The zero-order chi connectivity index (χ0) is 42.0. The molecule has 3 atom stereocenters. The van der Waals surface area contributed by atoms with E-state index in [-0.39, 0.29) is 68.7 Å². The molecule has 0 bridgehead atoms. The van der Waals surface area contributed by atoms with E-state index in [1.807, 2.05) is 0 Å². The highest BCUT2D eigenvalue weighted by molar-refractivity contribution is 6.08. The maximum absolute atomic E-state index is 14.6. The normalized spacial score (nSPS) is 22.4. The summed E-state index contributed by atoms with van der Waals surface area (Å²) in [5, 5.41) is 7.43. The van der Waals surface area contributed by atoms with E-state index in [4.69, 9.17) is 23.9 Å². The number of esters is 1. The molecule has 3 amide bonds. The first-order valence-corrected chi connectivity index (χ1v) is 18.9. The van der Waals surface area contributed by atoms with Crippen LogP contribution >= 0.6 is 0 Å². The van der Waals surface area contributed by atoms with Gasteiger partial charge in [0.1, 0.15) is 17.9 Å². The molecule has 3 aliphatic rings.